The largest absolute Gasteiger partial charge is 0.341 e. The van der Waals surface area contributed by atoms with Crippen LogP contribution in [-0.4, -0.2) is 20.4 Å². The van der Waals surface area contributed by atoms with Crippen molar-refractivity contribution in [2.75, 3.05) is 0 Å². The Hall–Kier alpha value is -1.95. The van der Waals surface area contributed by atoms with E-state index in [1.807, 2.05) is 0 Å². The maximum absolute atomic E-state index is 10.7. The standard InChI is InChI=1S/C12H16N4O2/c1-12(2,3)13-7-11-14-9-5-4-8(16(17)18)6-10(9)15-11/h4-6,13H,7H2,1-3H3,(H,14,15). The molecule has 96 valence electrons. The number of benzene rings is 1. The average Bonchev–Trinajstić information content (AvgIpc) is 2.66. The van der Waals surface area contributed by atoms with Crippen molar-refractivity contribution in [3.05, 3.63) is 34.1 Å². The lowest BCUT2D eigenvalue weighted by Crippen LogP contribution is -2.35. The van der Waals surface area contributed by atoms with E-state index in [4.69, 9.17) is 0 Å². The first-order valence-electron chi connectivity index (χ1n) is 5.73. The molecule has 0 saturated carbocycles. The molecule has 1 aromatic heterocycles. The fourth-order valence-corrected chi connectivity index (χ4v) is 1.60. The second kappa shape index (κ2) is 4.38. The molecule has 0 fully saturated rings. The Bertz CT molecular complexity index is 583. The summed E-state index contributed by atoms with van der Waals surface area (Å²) < 4.78 is 0. The lowest BCUT2D eigenvalue weighted by atomic mass is 10.1. The van der Waals surface area contributed by atoms with E-state index >= 15 is 0 Å². The summed E-state index contributed by atoms with van der Waals surface area (Å²) in [6.07, 6.45) is 0. The fraction of sp³-hybridized carbons (Fsp3) is 0.417. The van der Waals surface area contributed by atoms with Crippen LogP contribution in [0.25, 0.3) is 11.0 Å². The van der Waals surface area contributed by atoms with Crippen LogP contribution in [0.1, 0.15) is 26.6 Å². The third kappa shape index (κ3) is 2.84. The molecule has 2 aromatic rings. The van der Waals surface area contributed by atoms with Crippen molar-refractivity contribution in [2.45, 2.75) is 32.9 Å². The Kier molecular flexibility index (Phi) is 3.04. The summed E-state index contributed by atoms with van der Waals surface area (Å²) in [5.41, 5.74) is 1.51. The maximum Gasteiger partial charge on any atom is 0.271 e. The lowest BCUT2D eigenvalue weighted by Gasteiger charge is -2.19. The van der Waals surface area contributed by atoms with E-state index in [1.54, 1.807) is 6.07 Å². The second-order valence-corrected chi connectivity index (χ2v) is 5.25. The molecule has 6 nitrogen and oxygen atoms in total. The van der Waals surface area contributed by atoms with Crippen molar-refractivity contribution in [1.29, 1.82) is 0 Å². The third-order valence-electron chi connectivity index (χ3n) is 2.51. The van der Waals surface area contributed by atoms with Crippen molar-refractivity contribution >= 4 is 16.7 Å². The Morgan fingerprint density at radius 2 is 2.17 bits per heavy atom. The number of nitrogens with one attached hydrogen (secondary N) is 2. The third-order valence-corrected chi connectivity index (χ3v) is 2.51. The van der Waals surface area contributed by atoms with Gasteiger partial charge >= 0.3 is 0 Å². The number of hydrogen-bond acceptors (Lipinski definition) is 4. The van der Waals surface area contributed by atoms with Gasteiger partial charge in [-0.3, -0.25) is 10.1 Å². The molecule has 2 rings (SSSR count). The van der Waals surface area contributed by atoms with Crippen molar-refractivity contribution < 1.29 is 4.92 Å². The van der Waals surface area contributed by atoms with Gasteiger partial charge in [-0.05, 0) is 26.8 Å². The number of nitro groups is 1. The molecule has 0 aliphatic rings. The summed E-state index contributed by atoms with van der Waals surface area (Å²) in [7, 11) is 0. The molecule has 2 N–H and O–H groups in total. The van der Waals surface area contributed by atoms with Gasteiger partial charge in [-0.2, -0.15) is 0 Å². The summed E-state index contributed by atoms with van der Waals surface area (Å²) in [4.78, 5) is 17.7. The van der Waals surface area contributed by atoms with Crippen molar-refractivity contribution in [2.24, 2.45) is 0 Å². The number of rotatable bonds is 3. The maximum atomic E-state index is 10.7. The summed E-state index contributed by atoms with van der Waals surface area (Å²) in [5, 5.41) is 14.0. The van der Waals surface area contributed by atoms with Crippen LogP contribution in [0.15, 0.2) is 18.2 Å². The topological polar surface area (TPSA) is 83.8 Å². The highest BCUT2D eigenvalue weighted by atomic mass is 16.6. The van der Waals surface area contributed by atoms with Crippen molar-refractivity contribution in [3.8, 4) is 0 Å². The number of aromatic amines is 1. The number of nitrogens with zero attached hydrogens (tertiary/aromatic N) is 2. The van der Waals surface area contributed by atoms with E-state index in [2.05, 4.69) is 36.1 Å². The molecule has 1 aromatic carbocycles. The van der Waals surface area contributed by atoms with E-state index in [1.165, 1.54) is 12.1 Å². The predicted octanol–water partition coefficient (Wildman–Crippen LogP) is 2.36. The van der Waals surface area contributed by atoms with E-state index in [-0.39, 0.29) is 11.2 Å². The minimum absolute atomic E-state index is 0.00493. The number of aromatic nitrogens is 2. The van der Waals surface area contributed by atoms with Crippen LogP contribution in [0.4, 0.5) is 5.69 Å². The minimum atomic E-state index is -0.409. The number of imidazole rings is 1. The fourth-order valence-electron chi connectivity index (χ4n) is 1.60. The van der Waals surface area contributed by atoms with Gasteiger partial charge in [0.2, 0.25) is 0 Å². The molecular weight excluding hydrogens is 232 g/mol. The van der Waals surface area contributed by atoms with Crippen LogP contribution in [0.2, 0.25) is 0 Å². The van der Waals surface area contributed by atoms with Gasteiger partial charge in [0.05, 0.1) is 22.5 Å². The van der Waals surface area contributed by atoms with Crippen LogP contribution < -0.4 is 5.32 Å². The zero-order chi connectivity index (χ0) is 13.3. The van der Waals surface area contributed by atoms with Gasteiger partial charge in [-0.15, -0.1) is 0 Å². The molecule has 0 amide bonds. The van der Waals surface area contributed by atoms with Gasteiger partial charge in [0.25, 0.3) is 5.69 Å². The minimum Gasteiger partial charge on any atom is -0.341 e. The highest BCUT2D eigenvalue weighted by Gasteiger charge is 2.12. The molecule has 0 atom stereocenters. The number of nitro benzene ring substituents is 1. The van der Waals surface area contributed by atoms with Gasteiger partial charge in [0.1, 0.15) is 5.82 Å². The quantitative estimate of drug-likeness (QED) is 0.645. The summed E-state index contributed by atoms with van der Waals surface area (Å²) in [5.74, 6) is 0.778. The Morgan fingerprint density at radius 1 is 1.44 bits per heavy atom. The first-order valence-corrected chi connectivity index (χ1v) is 5.73. The van der Waals surface area contributed by atoms with Crippen molar-refractivity contribution in [3.63, 3.8) is 0 Å². The highest BCUT2D eigenvalue weighted by molar-refractivity contribution is 5.77. The van der Waals surface area contributed by atoms with Crippen LogP contribution >= 0.6 is 0 Å². The molecule has 0 radical (unpaired) electrons. The molecule has 0 aliphatic carbocycles. The van der Waals surface area contributed by atoms with Gasteiger partial charge in [0.15, 0.2) is 0 Å². The SMILES string of the molecule is CC(C)(C)NCc1nc2ccc([N+](=O)[O-])cc2[nH]1. The number of non-ortho nitro benzene ring substituents is 1. The van der Waals surface area contributed by atoms with E-state index in [0.717, 1.165) is 11.3 Å². The van der Waals surface area contributed by atoms with Crippen LogP contribution in [0.3, 0.4) is 0 Å². The normalized spacial score (nSPS) is 11.9. The van der Waals surface area contributed by atoms with Gasteiger partial charge in [-0.25, -0.2) is 4.98 Å². The smallest absolute Gasteiger partial charge is 0.271 e. The van der Waals surface area contributed by atoms with Crippen molar-refractivity contribution in [1.82, 2.24) is 15.3 Å². The predicted molar refractivity (Wildman–Crippen MR) is 69.3 cm³/mol. The molecule has 0 spiro atoms. The molecule has 0 bridgehead atoms. The van der Waals surface area contributed by atoms with Crippen LogP contribution in [0, 0.1) is 10.1 Å². The Labute approximate surface area is 105 Å². The molecule has 0 aliphatic heterocycles. The zero-order valence-electron chi connectivity index (χ0n) is 10.7. The first-order chi connectivity index (χ1) is 8.35. The Balaban J connectivity index is 2.24. The molecule has 18 heavy (non-hydrogen) atoms. The van der Waals surface area contributed by atoms with Gasteiger partial charge < -0.3 is 10.3 Å². The van der Waals surface area contributed by atoms with E-state index in [9.17, 15) is 10.1 Å². The summed E-state index contributed by atoms with van der Waals surface area (Å²) >= 11 is 0. The molecule has 1 heterocycles. The van der Waals surface area contributed by atoms with Gasteiger partial charge in [0, 0.05) is 17.7 Å². The average molecular weight is 248 g/mol. The second-order valence-electron chi connectivity index (χ2n) is 5.25. The zero-order valence-corrected chi connectivity index (χ0v) is 10.7. The summed E-state index contributed by atoms with van der Waals surface area (Å²) in [6, 6.07) is 4.62. The molecule has 0 saturated heterocycles. The molecule has 0 unspecified atom stereocenters. The lowest BCUT2D eigenvalue weighted by molar-refractivity contribution is -0.384. The van der Waals surface area contributed by atoms with Gasteiger partial charge in [-0.1, -0.05) is 0 Å². The molecule has 6 heteroatoms. The number of fused-ring (bicyclic) bond motifs is 1. The molecular formula is C12H16N4O2. The van der Waals surface area contributed by atoms with E-state index < -0.39 is 4.92 Å². The van der Waals surface area contributed by atoms with E-state index in [0.29, 0.717) is 12.1 Å². The number of H-pyrrole nitrogens is 1. The Morgan fingerprint density at radius 3 is 2.78 bits per heavy atom. The first kappa shape index (κ1) is 12.5. The monoisotopic (exact) mass is 248 g/mol. The number of hydrogen-bond donors (Lipinski definition) is 2. The van der Waals surface area contributed by atoms with Crippen LogP contribution in [-0.2, 0) is 6.54 Å². The van der Waals surface area contributed by atoms with Crippen LogP contribution in [0.5, 0.6) is 0 Å². The highest BCUT2D eigenvalue weighted by Crippen LogP contribution is 2.19. The summed E-state index contributed by atoms with van der Waals surface area (Å²) in [6.45, 7) is 6.81.